The molecule has 8 unspecified atom stereocenters. The normalized spacial score (nSPS) is 19.1. The number of nitrogens with one attached hydrogen (secondary N) is 1. The van der Waals surface area contributed by atoms with Crippen LogP contribution >= 0.6 is 0 Å². The van der Waals surface area contributed by atoms with Crippen LogP contribution in [0.2, 0.25) is 0 Å². The van der Waals surface area contributed by atoms with Crippen LogP contribution in [0.25, 0.3) is 0 Å². The number of carbonyl (C=O) groups is 2. The molecule has 77 heavy (non-hydrogen) atoms. The van der Waals surface area contributed by atoms with Crippen molar-refractivity contribution >= 4 is 11.9 Å². The molecule has 11 heteroatoms. The molecule has 1 amide bonds. The Kier molecular flexibility index (Phi) is 52.0. The van der Waals surface area contributed by atoms with E-state index in [1.165, 1.54) is 205 Å². The number of amides is 1. The summed E-state index contributed by atoms with van der Waals surface area (Å²) in [6, 6.07) is -1.02. The Labute approximate surface area is 473 Å². The molecule has 1 aliphatic heterocycles. The first-order valence-corrected chi connectivity index (χ1v) is 33.1. The van der Waals surface area contributed by atoms with Crippen molar-refractivity contribution in [3.8, 4) is 0 Å². The number of hydrogen-bond donors (Lipinski definition) is 6. The van der Waals surface area contributed by atoms with Gasteiger partial charge in [-0.05, 0) is 51.4 Å². The van der Waals surface area contributed by atoms with Crippen molar-refractivity contribution in [1.29, 1.82) is 0 Å². The molecule has 8 atom stereocenters. The van der Waals surface area contributed by atoms with Gasteiger partial charge in [-0.1, -0.05) is 289 Å². The average molecular weight is 1090 g/mol. The lowest BCUT2D eigenvalue weighted by Gasteiger charge is -2.41. The number of unbranched alkanes of at least 4 members (excludes halogenated alkanes) is 41. The van der Waals surface area contributed by atoms with Gasteiger partial charge in [0.2, 0.25) is 5.91 Å². The summed E-state index contributed by atoms with van der Waals surface area (Å²) in [6.07, 6.45) is 53.7. The molecule has 0 saturated carbocycles. The van der Waals surface area contributed by atoms with E-state index in [4.69, 9.17) is 14.2 Å². The molecule has 6 N–H and O–H groups in total. The summed E-state index contributed by atoms with van der Waals surface area (Å²) >= 11 is 0. The molecule has 0 aromatic heterocycles. The van der Waals surface area contributed by atoms with Crippen LogP contribution in [0.1, 0.15) is 323 Å². The van der Waals surface area contributed by atoms with Gasteiger partial charge in [0.15, 0.2) is 12.4 Å². The van der Waals surface area contributed by atoms with Crippen molar-refractivity contribution in [2.75, 3.05) is 13.2 Å². The van der Waals surface area contributed by atoms with Crippen molar-refractivity contribution in [3.63, 3.8) is 0 Å². The highest BCUT2D eigenvalue weighted by atomic mass is 16.7. The summed E-state index contributed by atoms with van der Waals surface area (Å²) in [7, 11) is 0. The molecule has 1 saturated heterocycles. The first-order chi connectivity index (χ1) is 37.7. The highest BCUT2D eigenvalue weighted by Gasteiger charge is 2.47. The van der Waals surface area contributed by atoms with Crippen LogP contribution in [0.15, 0.2) is 24.3 Å². The van der Waals surface area contributed by atoms with Crippen molar-refractivity contribution in [2.24, 2.45) is 0 Å². The maximum absolute atomic E-state index is 13.4. The fourth-order valence-electron chi connectivity index (χ4n) is 10.6. The van der Waals surface area contributed by atoms with Gasteiger partial charge in [0.25, 0.3) is 0 Å². The summed E-state index contributed by atoms with van der Waals surface area (Å²) in [5.74, 6) is -1.18. The van der Waals surface area contributed by atoms with Crippen LogP contribution in [0.3, 0.4) is 0 Å². The van der Waals surface area contributed by atoms with Crippen LogP contribution in [0.5, 0.6) is 0 Å². The minimum Gasteiger partial charge on any atom is -0.454 e. The summed E-state index contributed by atoms with van der Waals surface area (Å²) in [4.78, 5) is 26.6. The molecule has 1 fully saturated rings. The van der Waals surface area contributed by atoms with Gasteiger partial charge in [-0.15, -0.1) is 0 Å². The average Bonchev–Trinajstić information content (AvgIpc) is 3.43. The molecule has 11 nitrogen and oxygen atoms in total. The molecule has 454 valence electrons. The van der Waals surface area contributed by atoms with Crippen molar-refractivity contribution in [2.45, 2.75) is 372 Å². The maximum atomic E-state index is 13.4. The number of ether oxygens (including phenoxy) is 3. The second-order valence-electron chi connectivity index (χ2n) is 23.2. The molecule has 0 aromatic carbocycles. The van der Waals surface area contributed by atoms with E-state index in [-0.39, 0.29) is 13.0 Å². The predicted molar refractivity (Wildman–Crippen MR) is 320 cm³/mol. The van der Waals surface area contributed by atoms with Crippen molar-refractivity contribution < 1.29 is 49.3 Å². The van der Waals surface area contributed by atoms with Gasteiger partial charge < -0.3 is 45.1 Å². The van der Waals surface area contributed by atoms with E-state index in [1.807, 2.05) is 6.08 Å². The van der Waals surface area contributed by atoms with Gasteiger partial charge in [0.05, 0.1) is 25.4 Å². The monoisotopic (exact) mass is 1090 g/mol. The highest BCUT2D eigenvalue weighted by molar-refractivity contribution is 5.80. The number of allylic oxidation sites excluding steroid dienone is 3. The third-order valence-corrected chi connectivity index (χ3v) is 15.9. The predicted octanol–water partition coefficient (Wildman–Crippen LogP) is 16.1. The minimum atomic E-state index is -1.61. The van der Waals surface area contributed by atoms with E-state index in [2.05, 4.69) is 38.2 Å². The third-order valence-electron chi connectivity index (χ3n) is 15.9. The van der Waals surface area contributed by atoms with Crippen LogP contribution in [0.4, 0.5) is 0 Å². The number of rotatable bonds is 57. The Balaban J connectivity index is 2.59. The van der Waals surface area contributed by atoms with Gasteiger partial charge >= 0.3 is 5.97 Å². The molecule has 0 bridgehead atoms. The van der Waals surface area contributed by atoms with Gasteiger partial charge in [-0.2, -0.15) is 0 Å². The standard InChI is InChI=1S/C66H125NO10/c1-4-7-10-13-16-19-22-24-26-27-28-29-30-31-32-34-35-38-41-44-47-50-53-59(70)65(74)67-57(58(69)52-49-46-43-40-37-21-18-15-12-9-6-3)56-75-66-64(63(73)62(72)60(55-68)76-66)77-61(71)54-51-48-45-42-39-36-33-25-23-20-17-14-11-8-5-2/h20,23,49,52,57-60,62-64,66,68-70,72-73H,4-19,21-22,24-48,50-51,53-56H2,1-3H3,(H,67,74)/b23-20-,52-49+. The Hall–Kier alpha value is -1.86. The molecular weight excluding hydrogens is 967 g/mol. The first-order valence-electron chi connectivity index (χ1n) is 33.1. The molecule has 1 aliphatic rings. The Morgan fingerprint density at radius 2 is 0.857 bits per heavy atom. The Morgan fingerprint density at radius 3 is 1.27 bits per heavy atom. The van der Waals surface area contributed by atoms with E-state index in [0.29, 0.717) is 19.3 Å². The molecule has 1 rings (SSSR count). The van der Waals surface area contributed by atoms with Crippen LogP contribution in [-0.2, 0) is 23.8 Å². The number of aliphatic hydroxyl groups is 5. The van der Waals surface area contributed by atoms with Crippen molar-refractivity contribution in [1.82, 2.24) is 5.32 Å². The zero-order chi connectivity index (χ0) is 56.1. The molecular formula is C66H125NO10. The fraction of sp³-hybridized carbons (Fsp3) is 0.909. The lowest BCUT2D eigenvalue weighted by atomic mass is 9.99. The zero-order valence-electron chi connectivity index (χ0n) is 50.4. The molecule has 0 aliphatic carbocycles. The molecule has 1 heterocycles. The fourth-order valence-corrected chi connectivity index (χ4v) is 10.6. The second-order valence-corrected chi connectivity index (χ2v) is 23.2. The smallest absolute Gasteiger partial charge is 0.306 e. The lowest BCUT2D eigenvalue weighted by molar-refractivity contribution is -0.305. The van der Waals surface area contributed by atoms with E-state index in [1.54, 1.807) is 6.08 Å². The Bertz CT molecular complexity index is 1350. The highest BCUT2D eigenvalue weighted by Crippen LogP contribution is 2.26. The minimum absolute atomic E-state index is 0.122. The lowest BCUT2D eigenvalue weighted by Crippen LogP contribution is -2.61. The zero-order valence-corrected chi connectivity index (χ0v) is 50.4. The third kappa shape index (κ3) is 42.6. The quantitative estimate of drug-likeness (QED) is 0.0195. The SMILES string of the molecule is CCCCCC/C=C\CCCCCCCCCC(=O)OC1C(OCC(NC(=O)C(O)CCCCCCCCCCCCCCCCCCCCCCCC)C(O)/C=C/CCCCCCCCCCC)OC(CO)C(O)C1O. The molecule has 0 radical (unpaired) electrons. The van der Waals surface area contributed by atoms with Crippen LogP contribution < -0.4 is 5.32 Å². The molecule has 0 aromatic rings. The van der Waals surface area contributed by atoms with Gasteiger partial charge in [0, 0.05) is 6.42 Å². The van der Waals surface area contributed by atoms with E-state index in [0.717, 1.165) is 70.6 Å². The number of hydrogen-bond acceptors (Lipinski definition) is 10. The molecule has 0 spiro atoms. The van der Waals surface area contributed by atoms with Gasteiger partial charge in [0.1, 0.15) is 24.4 Å². The van der Waals surface area contributed by atoms with Crippen molar-refractivity contribution in [3.05, 3.63) is 24.3 Å². The van der Waals surface area contributed by atoms with Crippen LogP contribution in [0, 0.1) is 0 Å². The number of carbonyl (C=O) groups excluding carboxylic acids is 2. The van der Waals surface area contributed by atoms with E-state index < -0.39 is 67.4 Å². The van der Waals surface area contributed by atoms with Gasteiger partial charge in [-0.25, -0.2) is 0 Å². The first kappa shape index (κ1) is 73.2. The van der Waals surface area contributed by atoms with E-state index in [9.17, 15) is 35.1 Å². The number of esters is 1. The van der Waals surface area contributed by atoms with Gasteiger partial charge in [-0.3, -0.25) is 9.59 Å². The number of aliphatic hydroxyl groups excluding tert-OH is 5. The summed E-state index contributed by atoms with van der Waals surface area (Å²) in [5, 5.41) is 57.0. The largest absolute Gasteiger partial charge is 0.454 e. The summed E-state index contributed by atoms with van der Waals surface area (Å²) < 4.78 is 17.6. The summed E-state index contributed by atoms with van der Waals surface area (Å²) in [5.41, 5.74) is 0. The maximum Gasteiger partial charge on any atom is 0.306 e. The Morgan fingerprint density at radius 1 is 0.494 bits per heavy atom. The topological polar surface area (TPSA) is 175 Å². The second kappa shape index (κ2) is 54.7. The summed E-state index contributed by atoms with van der Waals surface area (Å²) in [6.45, 7) is 5.81. The van der Waals surface area contributed by atoms with E-state index >= 15 is 0 Å². The van der Waals surface area contributed by atoms with Crippen LogP contribution in [-0.4, -0.2) is 99.6 Å².